The first-order valence-electron chi connectivity index (χ1n) is 6.29. The van der Waals surface area contributed by atoms with Gasteiger partial charge in [-0.3, -0.25) is 4.90 Å². The number of hydrogen-bond acceptors (Lipinski definition) is 3. The largest absolute Gasteiger partial charge is 0.444 e. The highest BCUT2D eigenvalue weighted by atomic mass is 16.6. The van der Waals surface area contributed by atoms with Crippen molar-refractivity contribution in [2.75, 3.05) is 6.54 Å². The highest BCUT2D eigenvalue weighted by Crippen LogP contribution is 2.31. The summed E-state index contributed by atoms with van der Waals surface area (Å²) in [5, 5.41) is 3.41. The molecule has 2 saturated heterocycles. The molecule has 0 aliphatic carbocycles. The highest BCUT2D eigenvalue weighted by molar-refractivity contribution is 5.70. The number of fused-ring (bicyclic) bond motifs is 2. The molecule has 0 radical (unpaired) electrons. The molecule has 0 aromatic carbocycles. The van der Waals surface area contributed by atoms with E-state index < -0.39 is 5.60 Å². The minimum atomic E-state index is -0.426. The SMILES string of the molecule is C=C[C@H]1NC[C@H]2CC[C@@H]1N2C(=O)OC(C)(C)C. The van der Waals surface area contributed by atoms with Crippen molar-refractivity contribution >= 4 is 6.09 Å². The van der Waals surface area contributed by atoms with Gasteiger partial charge in [0.15, 0.2) is 0 Å². The third-order valence-electron chi connectivity index (χ3n) is 3.41. The number of ether oxygens (including phenoxy) is 1. The first-order valence-corrected chi connectivity index (χ1v) is 6.29. The minimum Gasteiger partial charge on any atom is -0.444 e. The maximum atomic E-state index is 12.2. The summed E-state index contributed by atoms with van der Waals surface area (Å²) in [6, 6.07) is 0.688. The molecule has 4 nitrogen and oxygen atoms in total. The number of rotatable bonds is 1. The van der Waals surface area contributed by atoms with E-state index in [9.17, 15) is 4.79 Å². The van der Waals surface area contributed by atoms with Crippen molar-refractivity contribution in [3.8, 4) is 0 Å². The zero-order chi connectivity index (χ0) is 12.6. The van der Waals surface area contributed by atoms with E-state index in [-0.39, 0.29) is 24.2 Å². The predicted octanol–water partition coefficient (Wildman–Crippen LogP) is 1.91. The lowest BCUT2D eigenvalue weighted by Crippen LogP contribution is -2.59. The molecule has 1 N–H and O–H groups in total. The van der Waals surface area contributed by atoms with Gasteiger partial charge in [0.25, 0.3) is 0 Å². The highest BCUT2D eigenvalue weighted by Gasteiger charge is 2.45. The number of carbonyl (C=O) groups excluding carboxylic acids is 1. The Morgan fingerprint density at radius 3 is 2.76 bits per heavy atom. The molecule has 2 aliphatic rings. The van der Waals surface area contributed by atoms with Crippen LogP contribution in [-0.4, -0.2) is 41.3 Å². The van der Waals surface area contributed by atoms with Crippen molar-refractivity contribution in [1.29, 1.82) is 0 Å². The fourth-order valence-electron chi connectivity index (χ4n) is 2.71. The van der Waals surface area contributed by atoms with Crippen molar-refractivity contribution in [3.05, 3.63) is 12.7 Å². The summed E-state index contributed by atoms with van der Waals surface area (Å²) in [7, 11) is 0. The van der Waals surface area contributed by atoms with Crippen LogP contribution in [-0.2, 0) is 4.74 Å². The standard InChI is InChI=1S/C13H22N2O2/c1-5-10-11-7-6-9(8-14-10)15(11)12(16)17-13(2,3)4/h5,9-11,14H,1,6-8H2,2-4H3/t9-,10-,11+/m1/s1. The summed E-state index contributed by atoms with van der Waals surface area (Å²) in [4.78, 5) is 14.1. The number of amides is 1. The third-order valence-corrected chi connectivity index (χ3v) is 3.41. The van der Waals surface area contributed by atoms with E-state index >= 15 is 0 Å². The molecule has 2 fully saturated rings. The Morgan fingerprint density at radius 1 is 1.47 bits per heavy atom. The molecule has 17 heavy (non-hydrogen) atoms. The van der Waals surface area contributed by atoms with E-state index in [1.165, 1.54) is 0 Å². The van der Waals surface area contributed by atoms with Gasteiger partial charge in [-0.05, 0) is 33.6 Å². The van der Waals surface area contributed by atoms with Gasteiger partial charge < -0.3 is 10.1 Å². The van der Waals surface area contributed by atoms with Crippen LogP contribution in [0.15, 0.2) is 12.7 Å². The molecule has 0 aromatic heterocycles. The van der Waals surface area contributed by atoms with Crippen LogP contribution in [0.25, 0.3) is 0 Å². The summed E-state index contributed by atoms with van der Waals surface area (Å²) in [5.74, 6) is 0. The molecule has 0 unspecified atom stereocenters. The lowest BCUT2D eigenvalue weighted by Gasteiger charge is -2.40. The average molecular weight is 238 g/mol. The van der Waals surface area contributed by atoms with E-state index in [2.05, 4.69) is 11.9 Å². The van der Waals surface area contributed by atoms with Gasteiger partial charge in [-0.25, -0.2) is 4.79 Å². The van der Waals surface area contributed by atoms with Crippen molar-refractivity contribution in [3.63, 3.8) is 0 Å². The van der Waals surface area contributed by atoms with Crippen LogP contribution >= 0.6 is 0 Å². The Kier molecular flexibility index (Phi) is 3.17. The molecule has 0 saturated carbocycles. The number of carbonyl (C=O) groups is 1. The maximum Gasteiger partial charge on any atom is 0.410 e. The van der Waals surface area contributed by atoms with Gasteiger partial charge in [-0.1, -0.05) is 6.08 Å². The third kappa shape index (κ3) is 2.46. The molecule has 0 aromatic rings. The summed E-state index contributed by atoms with van der Waals surface area (Å²) in [6.07, 6.45) is 3.80. The number of nitrogens with zero attached hydrogens (tertiary/aromatic N) is 1. The average Bonchev–Trinajstić information content (AvgIpc) is 2.52. The summed E-state index contributed by atoms with van der Waals surface area (Å²) in [5.41, 5.74) is -0.426. The van der Waals surface area contributed by atoms with E-state index in [0.29, 0.717) is 0 Å². The van der Waals surface area contributed by atoms with Crippen molar-refractivity contribution in [2.45, 2.75) is 57.3 Å². The Balaban J connectivity index is 2.10. The minimum absolute atomic E-state index is 0.182. The molecule has 2 heterocycles. The monoisotopic (exact) mass is 238 g/mol. The van der Waals surface area contributed by atoms with E-state index in [1.54, 1.807) is 0 Å². The van der Waals surface area contributed by atoms with E-state index in [4.69, 9.17) is 4.74 Å². The Labute approximate surface area is 103 Å². The Morgan fingerprint density at radius 2 is 2.18 bits per heavy atom. The van der Waals surface area contributed by atoms with E-state index in [1.807, 2.05) is 31.7 Å². The smallest absolute Gasteiger partial charge is 0.410 e. The molecule has 4 heteroatoms. The van der Waals surface area contributed by atoms with Gasteiger partial charge in [0.05, 0.1) is 6.04 Å². The first-order chi connectivity index (χ1) is 7.92. The van der Waals surface area contributed by atoms with Crippen LogP contribution in [0.2, 0.25) is 0 Å². The van der Waals surface area contributed by atoms with Crippen molar-refractivity contribution in [1.82, 2.24) is 10.2 Å². The van der Waals surface area contributed by atoms with Crippen LogP contribution in [0.4, 0.5) is 4.79 Å². The Bertz CT molecular complexity index is 322. The van der Waals surface area contributed by atoms with Crippen LogP contribution in [0.3, 0.4) is 0 Å². The molecule has 2 aliphatic heterocycles. The zero-order valence-electron chi connectivity index (χ0n) is 10.9. The Hall–Kier alpha value is -1.03. The fourth-order valence-corrected chi connectivity index (χ4v) is 2.71. The maximum absolute atomic E-state index is 12.2. The zero-order valence-corrected chi connectivity index (χ0v) is 10.9. The van der Waals surface area contributed by atoms with E-state index in [0.717, 1.165) is 19.4 Å². The summed E-state index contributed by atoms with van der Waals surface area (Å²) < 4.78 is 5.48. The number of nitrogens with one attached hydrogen (secondary N) is 1. The second-order valence-electron chi connectivity index (χ2n) is 5.86. The molecule has 2 bridgehead atoms. The first kappa shape index (κ1) is 12.4. The molecule has 0 spiro atoms. The van der Waals surface area contributed by atoms with Gasteiger partial charge in [0, 0.05) is 18.6 Å². The molecular formula is C13H22N2O2. The summed E-state index contributed by atoms with van der Waals surface area (Å²) >= 11 is 0. The van der Waals surface area contributed by atoms with Crippen molar-refractivity contribution in [2.24, 2.45) is 0 Å². The van der Waals surface area contributed by atoms with Crippen LogP contribution < -0.4 is 5.32 Å². The second kappa shape index (κ2) is 4.33. The van der Waals surface area contributed by atoms with Crippen LogP contribution in [0, 0.1) is 0 Å². The molecule has 3 atom stereocenters. The van der Waals surface area contributed by atoms with Crippen LogP contribution in [0.5, 0.6) is 0 Å². The van der Waals surface area contributed by atoms with Crippen LogP contribution in [0.1, 0.15) is 33.6 Å². The molecular weight excluding hydrogens is 216 g/mol. The predicted molar refractivity (Wildman–Crippen MR) is 66.9 cm³/mol. The van der Waals surface area contributed by atoms with Gasteiger partial charge in [-0.15, -0.1) is 6.58 Å². The lowest BCUT2D eigenvalue weighted by molar-refractivity contribution is 0.00680. The van der Waals surface area contributed by atoms with Gasteiger partial charge in [-0.2, -0.15) is 0 Å². The summed E-state index contributed by atoms with van der Waals surface area (Å²) in [6.45, 7) is 10.4. The molecule has 96 valence electrons. The van der Waals surface area contributed by atoms with Crippen molar-refractivity contribution < 1.29 is 9.53 Å². The number of hydrogen-bond donors (Lipinski definition) is 1. The van der Waals surface area contributed by atoms with Gasteiger partial charge >= 0.3 is 6.09 Å². The normalized spacial score (nSPS) is 32.4. The molecule has 2 rings (SSSR count). The lowest BCUT2D eigenvalue weighted by atomic mass is 10.1. The second-order valence-corrected chi connectivity index (χ2v) is 5.86. The fraction of sp³-hybridized carbons (Fsp3) is 0.769. The van der Waals surface area contributed by atoms with Gasteiger partial charge in [0.2, 0.25) is 0 Å². The topological polar surface area (TPSA) is 41.6 Å². The number of piperazine rings is 1. The van der Waals surface area contributed by atoms with Gasteiger partial charge in [0.1, 0.15) is 5.60 Å². The quantitative estimate of drug-likeness (QED) is 0.710. The molecule has 1 amide bonds.